The number of rotatable bonds is 2. The van der Waals surface area contributed by atoms with Gasteiger partial charge in [-0.15, -0.1) is 0 Å². The second-order valence-corrected chi connectivity index (χ2v) is 3.69. The number of H-pyrrole nitrogens is 1. The molecule has 0 amide bonds. The van der Waals surface area contributed by atoms with E-state index in [1.54, 1.807) is 0 Å². The highest BCUT2D eigenvalue weighted by Gasteiger charge is 2.15. The van der Waals surface area contributed by atoms with Crippen LogP contribution in [-0.4, -0.2) is 28.2 Å². The molecule has 0 atom stereocenters. The third-order valence-electron chi connectivity index (χ3n) is 2.65. The van der Waals surface area contributed by atoms with E-state index in [0.717, 1.165) is 23.6 Å². The van der Waals surface area contributed by atoms with E-state index < -0.39 is 0 Å². The number of nitrogens with zero attached hydrogens (tertiary/aromatic N) is 2. The zero-order valence-corrected chi connectivity index (χ0v) is 8.01. The minimum atomic E-state index is 0.826. The molecule has 72 valence electrons. The zero-order valence-electron chi connectivity index (χ0n) is 8.01. The summed E-state index contributed by atoms with van der Waals surface area (Å²) in [6.07, 6.45) is 2.62. The highest BCUT2D eigenvalue weighted by Crippen LogP contribution is 2.17. The number of likely N-dealkylation sites (tertiary alicyclic amines) is 1. The highest BCUT2D eigenvalue weighted by molar-refractivity contribution is 5.46. The van der Waals surface area contributed by atoms with E-state index in [1.165, 1.54) is 25.9 Å². The van der Waals surface area contributed by atoms with Gasteiger partial charge in [0.1, 0.15) is 0 Å². The number of aromatic amines is 1. The number of aromatic nitrogens is 2. The maximum absolute atomic E-state index is 5.86. The Balaban J connectivity index is 2.04. The predicted molar refractivity (Wildman–Crippen MR) is 52.2 cm³/mol. The van der Waals surface area contributed by atoms with Gasteiger partial charge in [-0.05, 0) is 32.9 Å². The van der Waals surface area contributed by atoms with Gasteiger partial charge in [0.15, 0.2) is 0 Å². The van der Waals surface area contributed by atoms with Crippen LogP contribution in [0.4, 0.5) is 5.69 Å². The molecule has 0 saturated carbocycles. The minimum Gasteiger partial charge on any atom is -0.396 e. The number of anilines is 1. The van der Waals surface area contributed by atoms with Crippen molar-refractivity contribution in [1.82, 2.24) is 15.1 Å². The van der Waals surface area contributed by atoms with Crippen LogP contribution in [0.1, 0.15) is 24.2 Å². The second-order valence-electron chi connectivity index (χ2n) is 3.69. The van der Waals surface area contributed by atoms with Crippen molar-refractivity contribution < 1.29 is 0 Å². The van der Waals surface area contributed by atoms with E-state index in [-0.39, 0.29) is 0 Å². The normalized spacial score (nSPS) is 18.2. The van der Waals surface area contributed by atoms with Crippen molar-refractivity contribution in [2.45, 2.75) is 26.3 Å². The number of nitrogen functional groups attached to an aromatic ring is 1. The maximum atomic E-state index is 5.86. The van der Waals surface area contributed by atoms with Crippen molar-refractivity contribution in [3.05, 3.63) is 11.4 Å². The van der Waals surface area contributed by atoms with E-state index >= 15 is 0 Å². The Hall–Kier alpha value is -1.03. The van der Waals surface area contributed by atoms with Gasteiger partial charge in [0.25, 0.3) is 0 Å². The molecule has 1 saturated heterocycles. The summed E-state index contributed by atoms with van der Waals surface area (Å²) in [4.78, 5) is 2.39. The van der Waals surface area contributed by atoms with E-state index in [1.807, 2.05) is 6.92 Å². The van der Waals surface area contributed by atoms with Gasteiger partial charge in [-0.1, -0.05) is 0 Å². The van der Waals surface area contributed by atoms with Crippen molar-refractivity contribution in [3.63, 3.8) is 0 Å². The summed E-state index contributed by atoms with van der Waals surface area (Å²) in [7, 11) is 0. The van der Waals surface area contributed by atoms with E-state index in [2.05, 4.69) is 15.1 Å². The molecule has 1 aromatic rings. The monoisotopic (exact) mass is 180 g/mol. The summed E-state index contributed by atoms with van der Waals surface area (Å²) in [6.45, 7) is 5.22. The van der Waals surface area contributed by atoms with Gasteiger partial charge < -0.3 is 5.73 Å². The summed E-state index contributed by atoms with van der Waals surface area (Å²) in [6, 6.07) is 0. The number of nitrogens with one attached hydrogen (secondary N) is 1. The SMILES string of the molecule is Cc1[nH]nc(CN2CCCC2)c1N. The van der Waals surface area contributed by atoms with Crippen LogP contribution in [0.5, 0.6) is 0 Å². The van der Waals surface area contributed by atoms with Gasteiger partial charge in [0, 0.05) is 6.54 Å². The molecule has 4 nitrogen and oxygen atoms in total. The Labute approximate surface area is 78.1 Å². The van der Waals surface area contributed by atoms with Crippen LogP contribution in [-0.2, 0) is 6.54 Å². The fourth-order valence-corrected chi connectivity index (χ4v) is 1.76. The molecule has 3 N–H and O–H groups in total. The number of aryl methyl sites for hydroxylation is 1. The lowest BCUT2D eigenvalue weighted by molar-refractivity contribution is 0.327. The standard InChI is InChI=1S/C9H16N4/c1-7-9(10)8(12-11-7)6-13-4-2-3-5-13/h2-6,10H2,1H3,(H,11,12). The van der Waals surface area contributed by atoms with Crippen molar-refractivity contribution in [2.24, 2.45) is 0 Å². The van der Waals surface area contributed by atoms with E-state index in [9.17, 15) is 0 Å². The van der Waals surface area contributed by atoms with E-state index in [4.69, 9.17) is 5.73 Å². The van der Waals surface area contributed by atoms with Gasteiger partial charge in [-0.2, -0.15) is 5.10 Å². The lowest BCUT2D eigenvalue weighted by Gasteiger charge is -2.12. The minimum absolute atomic E-state index is 0.826. The number of hydrogen-bond acceptors (Lipinski definition) is 3. The Morgan fingerprint density at radius 3 is 2.69 bits per heavy atom. The third kappa shape index (κ3) is 1.67. The average molecular weight is 180 g/mol. The summed E-state index contributed by atoms with van der Waals surface area (Å²) < 4.78 is 0. The molecule has 4 heteroatoms. The molecule has 0 bridgehead atoms. The first kappa shape index (κ1) is 8.56. The molecule has 1 fully saturated rings. The smallest absolute Gasteiger partial charge is 0.0994 e. The number of hydrogen-bond donors (Lipinski definition) is 2. The fourth-order valence-electron chi connectivity index (χ4n) is 1.76. The average Bonchev–Trinajstić information content (AvgIpc) is 2.71. The summed E-state index contributed by atoms with van der Waals surface area (Å²) >= 11 is 0. The van der Waals surface area contributed by atoms with Crippen LogP contribution in [0.25, 0.3) is 0 Å². The molecule has 1 aliphatic rings. The molecule has 0 aliphatic carbocycles. The van der Waals surface area contributed by atoms with Crippen LogP contribution in [0, 0.1) is 6.92 Å². The van der Waals surface area contributed by atoms with Gasteiger partial charge >= 0.3 is 0 Å². The van der Waals surface area contributed by atoms with Crippen molar-refractivity contribution in [3.8, 4) is 0 Å². The molecule has 1 aliphatic heterocycles. The topological polar surface area (TPSA) is 57.9 Å². The van der Waals surface area contributed by atoms with Crippen molar-refractivity contribution >= 4 is 5.69 Å². The van der Waals surface area contributed by atoms with Gasteiger partial charge in [0.05, 0.1) is 17.1 Å². The summed E-state index contributed by atoms with van der Waals surface area (Å²) in [5.74, 6) is 0. The summed E-state index contributed by atoms with van der Waals surface area (Å²) in [5, 5.41) is 7.10. The van der Waals surface area contributed by atoms with E-state index in [0.29, 0.717) is 0 Å². The van der Waals surface area contributed by atoms with Crippen LogP contribution in [0.3, 0.4) is 0 Å². The molecule has 0 radical (unpaired) electrons. The first-order valence-electron chi connectivity index (χ1n) is 4.79. The molecule has 13 heavy (non-hydrogen) atoms. The van der Waals surface area contributed by atoms with Gasteiger partial charge in [-0.25, -0.2) is 0 Å². The Morgan fingerprint density at radius 2 is 2.15 bits per heavy atom. The van der Waals surface area contributed by atoms with Crippen molar-refractivity contribution in [2.75, 3.05) is 18.8 Å². The molecule has 2 rings (SSSR count). The largest absolute Gasteiger partial charge is 0.396 e. The van der Waals surface area contributed by atoms with Crippen LogP contribution in [0.2, 0.25) is 0 Å². The van der Waals surface area contributed by atoms with Gasteiger partial charge in [-0.3, -0.25) is 10.00 Å². The Bertz CT molecular complexity index is 286. The fraction of sp³-hybridized carbons (Fsp3) is 0.667. The second kappa shape index (κ2) is 3.38. The molecule has 0 aromatic carbocycles. The molecule has 0 unspecified atom stereocenters. The van der Waals surface area contributed by atoms with Crippen LogP contribution in [0.15, 0.2) is 0 Å². The first-order chi connectivity index (χ1) is 6.27. The molecule has 2 heterocycles. The quantitative estimate of drug-likeness (QED) is 0.710. The van der Waals surface area contributed by atoms with Gasteiger partial charge in [0.2, 0.25) is 0 Å². The highest BCUT2D eigenvalue weighted by atomic mass is 15.2. The summed E-state index contributed by atoms with van der Waals surface area (Å²) in [5.41, 5.74) is 8.67. The zero-order chi connectivity index (χ0) is 9.26. The molecular formula is C9H16N4. The van der Waals surface area contributed by atoms with Crippen LogP contribution < -0.4 is 5.73 Å². The predicted octanol–water partition coefficient (Wildman–Crippen LogP) is 0.896. The Morgan fingerprint density at radius 1 is 1.46 bits per heavy atom. The lowest BCUT2D eigenvalue weighted by atomic mass is 10.3. The maximum Gasteiger partial charge on any atom is 0.0994 e. The molecule has 0 spiro atoms. The number of nitrogens with two attached hydrogens (primary N) is 1. The van der Waals surface area contributed by atoms with Crippen molar-refractivity contribution in [1.29, 1.82) is 0 Å². The first-order valence-corrected chi connectivity index (χ1v) is 4.79. The van der Waals surface area contributed by atoms with Crippen LogP contribution >= 0.6 is 0 Å². The third-order valence-corrected chi connectivity index (χ3v) is 2.65. The lowest BCUT2D eigenvalue weighted by Crippen LogP contribution is -2.19. The molecular weight excluding hydrogens is 164 g/mol. The Kier molecular flexibility index (Phi) is 2.22. The molecule has 1 aromatic heterocycles.